The zero-order valence-electron chi connectivity index (χ0n) is 29.0. The van der Waals surface area contributed by atoms with Gasteiger partial charge in [0, 0.05) is 11.3 Å². The molecule has 1 aromatic heterocycles. The molecule has 0 spiro atoms. The molecule has 0 unspecified atom stereocenters. The second kappa shape index (κ2) is 12.9. The number of hydrogen-bond donors (Lipinski definition) is 0. The Balaban J connectivity index is 1.11. The minimum absolute atomic E-state index is 0.928. The molecule has 248 valence electrons. The van der Waals surface area contributed by atoms with Gasteiger partial charge in [-0.05, 0) is 96.4 Å². The summed E-state index contributed by atoms with van der Waals surface area (Å²) in [6.07, 6.45) is 0. The van der Waals surface area contributed by atoms with Crippen LogP contribution < -0.4 is 0 Å². The van der Waals surface area contributed by atoms with E-state index in [9.17, 15) is 0 Å². The Morgan fingerprint density at radius 3 is 1.38 bits per heavy atom. The van der Waals surface area contributed by atoms with Crippen LogP contribution in [-0.2, 0) is 0 Å². The average molecular weight is 675 g/mol. The Kier molecular flexibility index (Phi) is 7.51. The van der Waals surface area contributed by atoms with Crippen LogP contribution in [0.1, 0.15) is 0 Å². The predicted molar refractivity (Wildman–Crippen MR) is 223 cm³/mol. The van der Waals surface area contributed by atoms with Crippen molar-refractivity contribution >= 4 is 32.6 Å². The molecule has 10 rings (SSSR count). The Labute approximate surface area is 308 Å². The van der Waals surface area contributed by atoms with Gasteiger partial charge in [0.1, 0.15) is 5.82 Å². The van der Waals surface area contributed by atoms with E-state index in [1.54, 1.807) is 0 Å². The van der Waals surface area contributed by atoms with Gasteiger partial charge in [0.25, 0.3) is 0 Å². The van der Waals surface area contributed by atoms with Crippen LogP contribution in [0.2, 0.25) is 0 Å². The molecule has 0 bridgehead atoms. The Hall–Kier alpha value is -7.03. The van der Waals surface area contributed by atoms with E-state index < -0.39 is 0 Å². The molecule has 2 heteroatoms. The summed E-state index contributed by atoms with van der Waals surface area (Å²) in [5.41, 5.74) is 13.9. The van der Waals surface area contributed by atoms with Gasteiger partial charge < -0.3 is 0 Å². The highest BCUT2D eigenvalue weighted by molar-refractivity contribution is 6.22. The minimum Gasteiger partial charge on any atom is -0.292 e. The maximum atomic E-state index is 5.14. The monoisotopic (exact) mass is 674 g/mol. The lowest BCUT2D eigenvalue weighted by Gasteiger charge is -2.19. The van der Waals surface area contributed by atoms with E-state index in [4.69, 9.17) is 4.98 Å². The van der Waals surface area contributed by atoms with Crippen LogP contribution in [0.3, 0.4) is 0 Å². The van der Waals surface area contributed by atoms with Crippen molar-refractivity contribution in [1.29, 1.82) is 0 Å². The van der Waals surface area contributed by atoms with Crippen LogP contribution in [-0.4, -0.2) is 9.55 Å². The molecule has 0 amide bonds. The molecule has 0 N–H and O–H groups in total. The van der Waals surface area contributed by atoms with Gasteiger partial charge >= 0.3 is 0 Å². The van der Waals surface area contributed by atoms with E-state index in [1.807, 2.05) is 0 Å². The molecular formula is C51H34N2. The summed E-state index contributed by atoms with van der Waals surface area (Å²) in [5, 5.41) is 5.02. The van der Waals surface area contributed by atoms with Crippen molar-refractivity contribution < 1.29 is 0 Å². The highest BCUT2D eigenvalue weighted by atomic mass is 15.1. The molecular weight excluding hydrogens is 641 g/mol. The number of fused-ring (bicyclic) bond motifs is 3. The molecule has 0 radical (unpaired) electrons. The largest absolute Gasteiger partial charge is 0.292 e. The highest BCUT2D eigenvalue weighted by Crippen LogP contribution is 2.45. The summed E-state index contributed by atoms with van der Waals surface area (Å²) in [4.78, 5) is 5.14. The Morgan fingerprint density at radius 1 is 0.302 bits per heavy atom. The molecule has 0 aliphatic carbocycles. The van der Waals surface area contributed by atoms with Crippen molar-refractivity contribution in [2.45, 2.75) is 0 Å². The molecule has 0 saturated carbocycles. The van der Waals surface area contributed by atoms with Crippen LogP contribution in [0, 0.1) is 0 Å². The first kappa shape index (κ1) is 30.8. The zero-order valence-corrected chi connectivity index (χ0v) is 29.0. The van der Waals surface area contributed by atoms with E-state index in [0.717, 1.165) is 28.1 Å². The topological polar surface area (TPSA) is 17.8 Å². The fourth-order valence-corrected chi connectivity index (χ4v) is 7.92. The first-order chi connectivity index (χ1) is 26.3. The van der Waals surface area contributed by atoms with Crippen molar-refractivity contribution in [3.8, 4) is 61.6 Å². The number of benzene rings is 9. The third-order valence-corrected chi connectivity index (χ3v) is 10.4. The van der Waals surface area contributed by atoms with E-state index in [0.29, 0.717) is 0 Å². The lowest BCUT2D eigenvalue weighted by molar-refractivity contribution is 1.10. The smallest absolute Gasteiger partial charge is 0.145 e. The van der Waals surface area contributed by atoms with Gasteiger partial charge in [-0.2, -0.15) is 0 Å². The quantitative estimate of drug-likeness (QED) is 0.161. The second-order valence-electron chi connectivity index (χ2n) is 13.5. The summed E-state index contributed by atoms with van der Waals surface area (Å²) >= 11 is 0. The van der Waals surface area contributed by atoms with Crippen molar-refractivity contribution in [2.24, 2.45) is 0 Å². The van der Waals surface area contributed by atoms with E-state index in [1.165, 1.54) is 66.1 Å². The van der Waals surface area contributed by atoms with Crippen LogP contribution in [0.15, 0.2) is 206 Å². The first-order valence-electron chi connectivity index (χ1n) is 18.1. The molecule has 2 nitrogen and oxygen atoms in total. The fraction of sp³-hybridized carbons (Fsp3) is 0. The molecule has 53 heavy (non-hydrogen) atoms. The number of rotatable bonds is 6. The van der Waals surface area contributed by atoms with E-state index >= 15 is 0 Å². The van der Waals surface area contributed by atoms with E-state index in [2.05, 4.69) is 211 Å². The Bertz CT molecular complexity index is 2890. The van der Waals surface area contributed by atoms with Crippen molar-refractivity contribution in [3.05, 3.63) is 206 Å². The number of para-hydroxylation sites is 2. The molecule has 0 aliphatic rings. The van der Waals surface area contributed by atoms with Crippen LogP contribution in [0.4, 0.5) is 0 Å². The van der Waals surface area contributed by atoms with Gasteiger partial charge in [-0.1, -0.05) is 176 Å². The SMILES string of the molecule is c1ccc(-c2ccc(-c3nc4ccccc4n3-c3ccc(-c4ccc5c(-c6ccccc6)c6ccccc6c(-c6ccccc6)c5c4)cc3)cc2)cc1. The van der Waals surface area contributed by atoms with Gasteiger partial charge in [-0.3, -0.25) is 4.57 Å². The second-order valence-corrected chi connectivity index (χ2v) is 13.5. The molecule has 0 fully saturated rings. The lowest BCUT2D eigenvalue weighted by Crippen LogP contribution is -1.97. The summed E-state index contributed by atoms with van der Waals surface area (Å²) in [5.74, 6) is 0.928. The zero-order chi connectivity index (χ0) is 35.1. The first-order valence-corrected chi connectivity index (χ1v) is 18.1. The molecule has 0 atom stereocenters. The average Bonchev–Trinajstić information content (AvgIpc) is 3.63. The number of imidazole rings is 1. The molecule has 0 aliphatic heterocycles. The van der Waals surface area contributed by atoms with Gasteiger partial charge in [0.2, 0.25) is 0 Å². The van der Waals surface area contributed by atoms with Gasteiger partial charge in [0.05, 0.1) is 11.0 Å². The predicted octanol–water partition coefficient (Wildman–Crippen LogP) is 13.7. The van der Waals surface area contributed by atoms with Gasteiger partial charge in [-0.15, -0.1) is 0 Å². The number of aromatic nitrogens is 2. The van der Waals surface area contributed by atoms with Gasteiger partial charge in [0.15, 0.2) is 0 Å². The van der Waals surface area contributed by atoms with Crippen LogP contribution >= 0.6 is 0 Å². The number of nitrogens with zero attached hydrogens (tertiary/aromatic N) is 2. The molecule has 1 heterocycles. The third-order valence-electron chi connectivity index (χ3n) is 10.4. The summed E-state index contributed by atoms with van der Waals surface area (Å²) in [6, 6.07) is 74.0. The van der Waals surface area contributed by atoms with E-state index in [-0.39, 0.29) is 0 Å². The Morgan fingerprint density at radius 2 is 0.736 bits per heavy atom. The normalized spacial score (nSPS) is 11.4. The van der Waals surface area contributed by atoms with Crippen molar-refractivity contribution in [1.82, 2.24) is 9.55 Å². The van der Waals surface area contributed by atoms with Crippen LogP contribution in [0.5, 0.6) is 0 Å². The summed E-state index contributed by atoms with van der Waals surface area (Å²) < 4.78 is 2.28. The number of hydrogen-bond acceptors (Lipinski definition) is 1. The fourth-order valence-electron chi connectivity index (χ4n) is 7.92. The molecule has 0 saturated heterocycles. The molecule has 10 aromatic rings. The van der Waals surface area contributed by atoms with Crippen molar-refractivity contribution in [3.63, 3.8) is 0 Å². The maximum absolute atomic E-state index is 5.14. The van der Waals surface area contributed by atoms with Gasteiger partial charge in [-0.25, -0.2) is 4.98 Å². The van der Waals surface area contributed by atoms with Crippen molar-refractivity contribution in [2.75, 3.05) is 0 Å². The lowest BCUT2D eigenvalue weighted by atomic mass is 9.85. The maximum Gasteiger partial charge on any atom is 0.145 e. The standard InChI is InChI=1S/C51H34N2/c1-4-14-35(15-5-1)36-24-26-40(27-25-36)51-52-47-22-12-13-23-48(47)53(51)42-31-28-37(29-32-42)41-30-33-45-46(34-41)50(39-18-8-3-9-19-39)44-21-11-10-20-43(44)49(45)38-16-6-2-7-17-38/h1-34H. The molecule has 9 aromatic carbocycles. The minimum atomic E-state index is 0.928. The highest BCUT2D eigenvalue weighted by Gasteiger charge is 2.18. The summed E-state index contributed by atoms with van der Waals surface area (Å²) in [7, 11) is 0. The third kappa shape index (κ3) is 5.40. The van der Waals surface area contributed by atoms with Crippen LogP contribution in [0.25, 0.3) is 94.2 Å². The summed E-state index contributed by atoms with van der Waals surface area (Å²) in [6.45, 7) is 0.